The normalized spacial score (nSPS) is 15.0. The monoisotopic (exact) mass is 461 g/mol. The van der Waals surface area contributed by atoms with E-state index in [1.807, 2.05) is 0 Å². The summed E-state index contributed by atoms with van der Waals surface area (Å²) in [5, 5.41) is 10.3. The molecule has 1 amide bonds. The number of nitrogens with zero attached hydrogens (tertiary/aromatic N) is 1. The van der Waals surface area contributed by atoms with Gasteiger partial charge in [-0.25, -0.2) is 0 Å². The molecule has 1 aromatic carbocycles. The topological polar surface area (TPSA) is 128 Å². The Morgan fingerprint density at radius 1 is 1.21 bits per heavy atom. The molecule has 0 saturated carbocycles. The van der Waals surface area contributed by atoms with Crippen LogP contribution in [0.25, 0.3) is 11.1 Å². The number of ether oxygens (including phenoxy) is 2. The largest absolute Gasteiger partial charge is 0.489 e. The number of hydrogen-bond acceptors (Lipinski definition) is 6. The van der Waals surface area contributed by atoms with Crippen LogP contribution in [0.3, 0.4) is 0 Å². The summed E-state index contributed by atoms with van der Waals surface area (Å²) in [4.78, 5) is 29.0. The summed E-state index contributed by atoms with van der Waals surface area (Å²) < 4.78 is 51.0. The first-order valence-electron chi connectivity index (χ1n) is 9.69. The minimum Gasteiger partial charge on any atom is -0.489 e. The van der Waals surface area contributed by atoms with Crippen LogP contribution < -0.4 is 16.0 Å². The van der Waals surface area contributed by atoms with Gasteiger partial charge in [0.1, 0.15) is 29.2 Å². The lowest BCUT2D eigenvalue weighted by atomic mass is 9.93. The van der Waals surface area contributed by atoms with Crippen molar-refractivity contribution in [3.63, 3.8) is 0 Å². The van der Waals surface area contributed by atoms with E-state index in [9.17, 15) is 27.9 Å². The second kappa shape index (κ2) is 8.34. The Morgan fingerprint density at radius 2 is 1.91 bits per heavy atom. The molecule has 0 aliphatic carbocycles. The summed E-state index contributed by atoms with van der Waals surface area (Å²) in [7, 11) is 0. The van der Waals surface area contributed by atoms with Crippen LogP contribution in [0.4, 0.5) is 13.2 Å². The summed E-state index contributed by atoms with van der Waals surface area (Å²) in [6, 6.07) is 8.21. The zero-order valence-corrected chi connectivity index (χ0v) is 17.0. The first kappa shape index (κ1) is 22.5. The van der Waals surface area contributed by atoms with Crippen molar-refractivity contribution in [2.45, 2.75) is 18.4 Å². The predicted octanol–water partition coefficient (Wildman–Crippen LogP) is 2.35. The third-order valence-corrected chi connectivity index (χ3v) is 5.17. The second-order valence-electron chi connectivity index (χ2n) is 7.58. The molecule has 172 valence electrons. The molecule has 33 heavy (non-hydrogen) atoms. The van der Waals surface area contributed by atoms with Gasteiger partial charge in [0.25, 0.3) is 11.5 Å². The highest BCUT2D eigenvalue weighted by Crippen LogP contribution is 2.36. The molecule has 0 unspecified atom stereocenters. The number of carbonyl (C=O) groups is 1. The molecule has 1 fully saturated rings. The SMILES string of the molecule is NC(=O)c1cc(-c2ccc(OCc3cncc(C4(O)COC4)c3)cc2)c(C(F)(F)F)[nH]c1=O. The molecule has 0 spiro atoms. The van der Waals surface area contributed by atoms with Gasteiger partial charge in [-0.2, -0.15) is 13.2 Å². The number of carbonyl (C=O) groups excluding carboxylic acids is 1. The molecular formula is C22H18F3N3O5. The number of aliphatic hydroxyl groups is 1. The maximum absolute atomic E-state index is 13.4. The van der Waals surface area contributed by atoms with Gasteiger partial charge < -0.3 is 25.3 Å². The summed E-state index contributed by atoms with van der Waals surface area (Å²) in [5.41, 5.74) is 1.95. The zero-order chi connectivity index (χ0) is 23.8. The van der Waals surface area contributed by atoms with Crippen molar-refractivity contribution in [2.75, 3.05) is 13.2 Å². The van der Waals surface area contributed by atoms with Gasteiger partial charge >= 0.3 is 6.18 Å². The number of H-pyrrole nitrogens is 1. The van der Waals surface area contributed by atoms with Crippen molar-refractivity contribution in [1.82, 2.24) is 9.97 Å². The molecule has 0 atom stereocenters. The van der Waals surface area contributed by atoms with Crippen molar-refractivity contribution in [2.24, 2.45) is 5.73 Å². The van der Waals surface area contributed by atoms with Crippen molar-refractivity contribution >= 4 is 5.91 Å². The van der Waals surface area contributed by atoms with E-state index in [0.717, 1.165) is 6.07 Å². The molecule has 4 N–H and O–H groups in total. The predicted molar refractivity (Wildman–Crippen MR) is 109 cm³/mol. The van der Waals surface area contributed by atoms with Gasteiger partial charge in [0.15, 0.2) is 0 Å². The van der Waals surface area contributed by atoms with Crippen LogP contribution in [0, 0.1) is 0 Å². The quantitative estimate of drug-likeness (QED) is 0.517. The van der Waals surface area contributed by atoms with E-state index < -0.39 is 40.1 Å². The number of pyridine rings is 2. The smallest absolute Gasteiger partial charge is 0.431 e. The molecule has 4 rings (SSSR count). The first-order chi connectivity index (χ1) is 15.6. The number of rotatable bonds is 6. The fraction of sp³-hybridized carbons (Fsp3) is 0.227. The van der Waals surface area contributed by atoms with Crippen LogP contribution in [0.2, 0.25) is 0 Å². The second-order valence-corrected chi connectivity index (χ2v) is 7.58. The lowest BCUT2D eigenvalue weighted by Crippen LogP contribution is -2.46. The molecule has 1 aliphatic heterocycles. The number of benzene rings is 1. The van der Waals surface area contributed by atoms with Gasteiger partial charge in [-0.3, -0.25) is 14.6 Å². The van der Waals surface area contributed by atoms with E-state index in [4.69, 9.17) is 15.2 Å². The average Bonchev–Trinajstić information content (AvgIpc) is 2.75. The number of nitrogens with one attached hydrogen (secondary N) is 1. The Morgan fingerprint density at radius 3 is 2.48 bits per heavy atom. The molecule has 3 heterocycles. The van der Waals surface area contributed by atoms with Crippen molar-refractivity contribution in [3.8, 4) is 16.9 Å². The Bertz CT molecular complexity index is 1250. The van der Waals surface area contributed by atoms with Gasteiger partial charge in [0.05, 0.1) is 13.2 Å². The van der Waals surface area contributed by atoms with Crippen LogP contribution in [0.15, 0.2) is 53.6 Å². The summed E-state index contributed by atoms with van der Waals surface area (Å²) >= 11 is 0. The maximum Gasteiger partial charge on any atom is 0.431 e. The minimum absolute atomic E-state index is 0.101. The van der Waals surface area contributed by atoms with Crippen molar-refractivity contribution in [3.05, 3.63) is 81.5 Å². The zero-order valence-electron chi connectivity index (χ0n) is 17.0. The van der Waals surface area contributed by atoms with E-state index in [2.05, 4.69) is 4.98 Å². The minimum atomic E-state index is -4.85. The number of nitrogens with two attached hydrogens (primary N) is 1. The van der Waals surface area contributed by atoms with Crippen LogP contribution in [-0.2, 0) is 23.1 Å². The lowest BCUT2D eigenvalue weighted by Gasteiger charge is -2.36. The van der Waals surface area contributed by atoms with Crippen LogP contribution in [0.5, 0.6) is 5.75 Å². The van der Waals surface area contributed by atoms with Crippen molar-refractivity contribution < 1.29 is 32.5 Å². The van der Waals surface area contributed by atoms with Gasteiger partial charge in [-0.1, -0.05) is 12.1 Å². The first-order valence-corrected chi connectivity index (χ1v) is 9.69. The highest BCUT2D eigenvalue weighted by Gasteiger charge is 2.38. The Balaban J connectivity index is 1.56. The van der Waals surface area contributed by atoms with Gasteiger partial charge in [-0.15, -0.1) is 0 Å². The summed E-state index contributed by atoms with van der Waals surface area (Å²) in [6.45, 7) is 0.473. The molecule has 1 saturated heterocycles. The molecule has 2 aromatic heterocycles. The van der Waals surface area contributed by atoms with E-state index in [1.165, 1.54) is 24.3 Å². The van der Waals surface area contributed by atoms with Gasteiger partial charge in [-0.05, 0) is 29.8 Å². The fourth-order valence-electron chi connectivity index (χ4n) is 3.34. The van der Waals surface area contributed by atoms with Crippen molar-refractivity contribution in [1.29, 1.82) is 0 Å². The van der Waals surface area contributed by atoms with Crippen LogP contribution >= 0.6 is 0 Å². The molecule has 11 heteroatoms. The molecule has 0 bridgehead atoms. The number of alkyl halides is 3. The molecule has 0 radical (unpaired) electrons. The highest BCUT2D eigenvalue weighted by molar-refractivity contribution is 5.94. The standard InChI is InChI=1S/C22H18F3N3O5/c23-22(24,25)18-16(6-17(19(26)29)20(30)28-18)13-1-3-15(4-2-13)33-9-12-5-14(8-27-7-12)21(31)10-32-11-21/h1-8,31H,9-11H2,(H2,26,29)(H,28,30). The van der Waals surface area contributed by atoms with Crippen LogP contribution in [-0.4, -0.2) is 34.2 Å². The van der Waals surface area contributed by atoms with E-state index in [-0.39, 0.29) is 25.4 Å². The lowest BCUT2D eigenvalue weighted by molar-refractivity contribution is -0.184. The summed E-state index contributed by atoms with van der Waals surface area (Å²) in [6.07, 6.45) is -1.74. The number of aromatic amines is 1. The third kappa shape index (κ3) is 4.59. The average molecular weight is 461 g/mol. The summed E-state index contributed by atoms with van der Waals surface area (Å²) in [5.74, 6) is -0.775. The number of primary amides is 1. The Labute approximate surface area is 184 Å². The number of amides is 1. The van der Waals surface area contributed by atoms with Gasteiger partial charge in [0, 0.05) is 29.1 Å². The maximum atomic E-state index is 13.4. The number of hydrogen-bond donors (Lipinski definition) is 3. The fourth-order valence-corrected chi connectivity index (χ4v) is 3.34. The highest BCUT2D eigenvalue weighted by atomic mass is 19.4. The number of aromatic nitrogens is 2. The van der Waals surface area contributed by atoms with Crippen LogP contribution in [0.1, 0.15) is 27.2 Å². The van der Waals surface area contributed by atoms with Gasteiger partial charge in [0.2, 0.25) is 0 Å². The molecule has 1 aliphatic rings. The third-order valence-electron chi connectivity index (χ3n) is 5.17. The number of halogens is 3. The molecular weight excluding hydrogens is 443 g/mol. The Kier molecular flexibility index (Phi) is 5.68. The Hall–Kier alpha value is -3.70. The van der Waals surface area contributed by atoms with E-state index >= 15 is 0 Å². The molecule has 8 nitrogen and oxygen atoms in total. The van der Waals surface area contributed by atoms with E-state index in [0.29, 0.717) is 16.9 Å². The molecule has 3 aromatic rings. The van der Waals surface area contributed by atoms with E-state index in [1.54, 1.807) is 23.4 Å².